The molecule has 4 aliphatic rings. The average molecular weight is 613 g/mol. The zero-order chi connectivity index (χ0) is 32.6. The smallest absolute Gasteiger partial charge is 0.338 e. The highest BCUT2D eigenvalue weighted by Gasteiger charge is 2.78. The van der Waals surface area contributed by atoms with E-state index in [9.17, 15) is 24.6 Å². The lowest BCUT2D eigenvalue weighted by Gasteiger charge is -2.67. The van der Waals surface area contributed by atoms with E-state index in [4.69, 9.17) is 18.9 Å². The number of esters is 3. The summed E-state index contributed by atoms with van der Waals surface area (Å²) in [5.41, 5.74) is -5.05. The second-order valence-corrected chi connectivity index (χ2v) is 14.1. The van der Waals surface area contributed by atoms with Crippen molar-refractivity contribution >= 4 is 23.7 Å². The summed E-state index contributed by atoms with van der Waals surface area (Å²) in [4.78, 5) is 54.2. The topological polar surface area (TPSA) is 146 Å². The standard InChI is InChI=1S/C34H44O10/c1-17(2)22-15-34(40)29(43-30(39)21-12-10-9-11-13-21)27-32(8,23(37)14-24-33(27,16-41-24)44-20(5)36)28(38)26(42-19(4)35)25(18(22)3)31(34,6)7/h9-13,17,22-24,26-27,29,37,40H,14-16H2,1-8H3/t22-,23+,24-,26-,27?,29-,32-,33-,34-/m1/s1. The van der Waals surface area contributed by atoms with E-state index < -0.39 is 76.1 Å². The predicted molar refractivity (Wildman–Crippen MR) is 157 cm³/mol. The molecule has 10 heteroatoms. The molecule has 1 heterocycles. The number of fused-ring (bicyclic) bond motifs is 5. The monoisotopic (exact) mass is 612 g/mol. The molecular weight excluding hydrogens is 568 g/mol. The van der Waals surface area contributed by atoms with Crippen LogP contribution in [0.25, 0.3) is 0 Å². The molecule has 1 aliphatic heterocycles. The van der Waals surface area contributed by atoms with E-state index in [1.54, 1.807) is 44.2 Å². The van der Waals surface area contributed by atoms with Gasteiger partial charge in [-0.2, -0.15) is 0 Å². The van der Waals surface area contributed by atoms with Gasteiger partial charge in [0.25, 0.3) is 0 Å². The Hall–Kier alpha value is -3.08. The van der Waals surface area contributed by atoms with Crippen LogP contribution in [0.4, 0.5) is 0 Å². The normalized spacial score (nSPS) is 39.2. The Kier molecular flexibility index (Phi) is 7.91. The van der Waals surface area contributed by atoms with E-state index in [0.717, 1.165) is 5.57 Å². The van der Waals surface area contributed by atoms with Crippen LogP contribution in [0, 0.1) is 28.6 Å². The van der Waals surface area contributed by atoms with Crippen LogP contribution in [0.3, 0.4) is 0 Å². The first-order valence-electron chi connectivity index (χ1n) is 15.3. The van der Waals surface area contributed by atoms with Crippen molar-refractivity contribution in [1.29, 1.82) is 0 Å². The highest BCUT2D eigenvalue weighted by molar-refractivity contribution is 5.95. The molecule has 2 saturated carbocycles. The first-order chi connectivity index (χ1) is 20.4. The quantitative estimate of drug-likeness (QED) is 0.288. The van der Waals surface area contributed by atoms with E-state index in [2.05, 4.69) is 0 Å². The molecule has 0 spiro atoms. The van der Waals surface area contributed by atoms with Crippen LogP contribution in [0.2, 0.25) is 0 Å². The summed E-state index contributed by atoms with van der Waals surface area (Å²) >= 11 is 0. The summed E-state index contributed by atoms with van der Waals surface area (Å²) in [6, 6.07) is 8.30. The SMILES string of the molecule is CC(=O)O[C@H]1C(=O)[C@@]2(C)C([C@@H](OC(=O)c3ccccc3)[C@]3(O)C[C@H](C(C)C)C(C)=C1C3(C)C)[C@@]1(OC(C)=O)CO[C@@H]1C[C@@H]2O. The molecule has 240 valence electrons. The van der Waals surface area contributed by atoms with Gasteiger partial charge in [0, 0.05) is 25.7 Å². The Labute approximate surface area is 258 Å². The molecule has 44 heavy (non-hydrogen) atoms. The number of aliphatic hydroxyl groups is 2. The number of aliphatic hydroxyl groups excluding tert-OH is 1. The van der Waals surface area contributed by atoms with Gasteiger partial charge in [0.1, 0.15) is 17.8 Å². The third-order valence-electron chi connectivity index (χ3n) is 11.1. The zero-order valence-corrected chi connectivity index (χ0v) is 26.7. The van der Waals surface area contributed by atoms with Crippen molar-refractivity contribution in [3.05, 3.63) is 47.0 Å². The number of carbonyl (C=O) groups excluding carboxylic acids is 4. The van der Waals surface area contributed by atoms with E-state index in [0.29, 0.717) is 5.57 Å². The van der Waals surface area contributed by atoms with Crippen LogP contribution in [0.15, 0.2) is 41.5 Å². The second-order valence-electron chi connectivity index (χ2n) is 14.1. The number of hydrogen-bond acceptors (Lipinski definition) is 10. The minimum atomic E-state index is -1.88. The molecule has 0 radical (unpaired) electrons. The van der Waals surface area contributed by atoms with Crippen molar-refractivity contribution in [2.75, 3.05) is 6.61 Å². The highest BCUT2D eigenvalue weighted by Crippen LogP contribution is 2.65. The van der Waals surface area contributed by atoms with Crippen LogP contribution in [0.5, 0.6) is 0 Å². The molecule has 1 saturated heterocycles. The molecular formula is C34H44O10. The average Bonchev–Trinajstić information content (AvgIpc) is 2.93. The Bertz CT molecular complexity index is 1400. The Morgan fingerprint density at radius 3 is 2.18 bits per heavy atom. The van der Waals surface area contributed by atoms with Gasteiger partial charge in [0.2, 0.25) is 0 Å². The molecule has 1 aromatic rings. The number of ketones is 1. The molecule has 0 amide bonds. The number of hydrogen-bond donors (Lipinski definition) is 2. The highest BCUT2D eigenvalue weighted by atomic mass is 16.6. The molecule has 1 unspecified atom stereocenters. The first-order valence-corrected chi connectivity index (χ1v) is 15.3. The number of rotatable bonds is 5. The van der Waals surface area contributed by atoms with Gasteiger partial charge >= 0.3 is 17.9 Å². The molecule has 1 aromatic carbocycles. The number of allylic oxidation sites excluding steroid dienone is 1. The van der Waals surface area contributed by atoms with Crippen molar-refractivity contribution in [1.82, 2.24) is 0 Å². The van der Waals surface area contributed by atoms with Gasteiger partial charge in [-0.05, 0) is 49.8 Å². The predicted octanol–water partition coefficient (Wildman–Crippen LogP) is 3.56. The van der Waals surface area contributed by atoms with E-state index in [1.165, 1.54) is 20.8 Å². The molecule has 10 nitrogen and oxygen atoms in total. The van der Waals surface area contributed by atoms with Crippen LogP contribution in [-0.4, -0.2) is 76.1 Å². The van der Waals surface area contributed by atoms with Gasteiger partial charge in [-0.1, -0.05) is 51.5 Å². The zero-order valence-electron chi connectivity index (χ0n) is 26.7. The third kappa shape index (κ3) is 4.47. The maximum Gasteiger partial charge on any atom is 0.338 e. The van der Waals surface area contributed by atoms with Crippen LogP contribution >= 0.6 is 0 Å². The van der Waals surface area contributed by atoms with Gasteiger partial charge in [-0.3, -0.25) is 14.4 Å². The van der Waals surface area contributed by atoms with Gasteiger partial charge in [0.05, 0.1) is 29.6 Å². The first kappa shape index (κ1) is 32.3. The Morgan fingerprint density at radius 1 is 1.02 bits per heavy atom. The van der Waals surface area contributed by atoms with Crippen molar-refractivity contribution in [2.45, 2.75) is 104 Å². The van der Waals surface area contributed by atoms with Crippen molar-refractivity contribution < 1.29 is 48.3 Å². The fourth-order valence-corrected chi connectivity index (χ4v) is 8.70. The minimum absolute atomic E-state index is 0.0175. The minimum Gasteiger partial charge on any atom is -0.455 e. The molecule has 3 fully saturated rings. The summed E-state index contributed by atoms with van der Waals surface area (Å²) in [5, 5.41) is 25.1. The Balaban J connectivity index is 1.87. The van der Waals surface area contributed by atoms with E-state index in [1.807, 2.05) is 20.8 Å². The lowest BCUT2D eigenvalue weighted by atomic mass is 9.44. The van der Waals surface area contributed by atoms with Crippen molar-refractivity contribution in [3.63, 3.8) is 0 Å². The number of benzene rings is 1. The fraction of sp³-hybridized carbons (Fsp3) is 0.647. The van der Waals surface area contributed by atoms with Crippen LogP contribution in [0.1, 0.15) is 78.6 Å². The third-order valence-corrected chi connectivity index (χ3v) is 11.1. The molecule has 2 N–H and O–H groups in total. The molecule has 0 aromatic heterocycles. The summed E-state index contributed by atoms with van der Waals surface area (Å²) in [5.74, 6) is -4.28. The number of carbonyl (C=O) groups is 4. The number of Topliss-reactive ketones (excluding diaryl/α,β-unsaturated/α-hetero) is 1. The largest absolute Gasteiger partial charge is 0.455 e. The van der Waals surface area contributed by atoms with E-state index in [-0.39, 0.29) is 36.8 Å². The second kappa shape index (κ2) is 10.8. The van der Waals surface area contributed by atoms with Gasteiger partial charge in [-0.25, -0.2) is 4.79 Å². The summed E-state index contributed by atoms with van der Waals surface area (Å²) < 4.78 is 24.1. The summed E-state index contributed by atoms with van der Waals surface area (Å²) in [6.07, 6.45) is -5.04. The lowest BCUT2D eigenvalue weighted by molar-refractivity contribution is -0.345. The van der Waals surface area contributed by atoms with Gasteiger partial charge in [-0.15, -0.1) is 0 Å². The van der Waals surface area contributed by atoms with Gasteiger partial charge < -0.3 is 29.2 Å². The summed E-state index contributed by atoms with van der Waals surface area (Å²) in [7, 11) is 0. The van der Waals surface area contributed by atoms with Crippen molar-refractivity contribution in [3.8, 4) is 0 Å². The van der Waals surface area contributed by atoms with Crippen LogP contribution in [-0.2, 0) is 33.3 Å². The lowest BCUT2D eigenvalue weighted by Crippen LogP contribution is -2.81. The molecule has 5 rings (SSSR count). The van der Waals surface area contributed by atoms with Crippen molar-refractivity contribution in [2.24, 2.45) is 28.6 Å². The molecule has 3 aliphatic carbocycles. The van der Waals surface area contributed by atoms with Crippen LogP contribution < -0.4 is 0 Å². The maximum absolute atomic E-state index is 15.0. The molecule has 2 bridgehead atoms. The summed E-state index contributed by atoms with van der Waals surface area (Å²) in [6.45, 7) is 13.2. The van der Waals surface area contributed by atoms with E-state index >= 15 is 4.79 Å². The fourth-order valence-electron chi connectivity index (χ4n) is 8.70. The van der Waals surface area contributed by atoms with Gasteiger partial charge in [0.15, 0.2) is 17.5 Å². The molecule has 9 atom stereocenters. The maximum atomic E-state index is 15.0. The number of ether oxygens (including phenoxy) is 4. The Morgan fingerprint density at radius 2 is 1.66 bits per heavy atom.